The monoisotopic (exact) mass is 288 g/mol. The first-order chi connectivity index (χ1) is 10.2. The van der Waals surface area contributed by atoms with Crippen molar-refractivity contribution in [3.05, 3.63) is 36.3 Å². The Morgan fingerprint density at radius 1 is 1.24 bits per heavy atom. The smallest absolute Gasteiger partial charge is 0.137 e. The largest absolute Gasteiger partial charge is 0.310 e. The van der Waals surface area contributed by atoms with Crippen LogP contribution in [0.15, 0.2) is 30.6 Å². The lowest BCUT2D eigenvalue weighted by Gasteiger charge is -2.31. The predicted molar refractivity (Wildman–Crippen MR) is 88.4 cm³/mol. The van der Waals surface area contributed by atoms with Gasteiger partial charge in [-0.25, -0.2) is 4.98 Å². The van der Waals surface area contributed by atoms with Gasteiger partial charge in [-0.05, 0) is 32.1 Å². The van der Waals surface area contributed by atoms with Gasteiger partial charge in [-0.1, -0.05) is 32.8 Å². The zero-order valence-electron chi connectivity index (χ0n) is 13.7. The van der Waals surface area contributed by atoms with Crippen molar-refractivity contribution in [2.75, 3.05) is 20.6 Å². The minimum atomic E-state index is 0.581. The van der Waals surface area contributed by atoms with Crippen molar-refractivity contribution in [1.29, 1.82) is 0 Å². The summed E-state index contributed by atoms with van der Waals surface area (Å²) < 4.78 is 2.07. The Morgan fingerprint density at radius 2 is 2.00 bits per heavy atom. The Hall–Kier alpha value is -1.39. The van der Waals surface area contributed by atoms with Gasteiger partial charge < -0.3 is 14.6 Å². The molecule has 0 fully saturated rings. The van der Waals surface area contributed by atoms with Crippen molar-refractivity contribution < 1.29 is 0 Å². The van der Waals surface area contributed by atoms with Crippen LogP contribution in [-0.2, 0) is 6.54 Å². The van der Waals surface area contributed by atoms with Crippen LogP contribution in [0.2, 0.25) is 0 Å². The molecule has 0 aliphatic carbocycles. The van der Waals surface area contributed by atoms with E-state index in [0.717, 1.165) is 30.3 Å². The molecule has 116 valence electrons. The van der Waals surface area contributed by atoms with Crippen LogP contribution in [0.25, 0.3) is 5.65 Å². The van der Waals surface area contributed by atoms with Gasteiger partial charge in [0.15, 0.2) is 0 Å². The molecule has 2 rings (SSSR count). The normalized spacial score (nSPS) is 13.4. The standard InChI is InChI=1S/C17H28N4/c1-5-14(6-2)16(20(3)4)12-18-11-15-13-21-10-8-7-9-17(21)19-15/h7-10,13-14,16,18H,5-6,11-12H2,1-4H3. The van der Waals surface area contributed by atoms with Crippen molar-refractivity contribution in [2.45, 2.75) is 39.3 Å². The van der Waals surface area contributed by atoms with E-state index in [4.69, 9.17) is 0 Å². The van der Waals surface area contributed by atoms with Gasteiger partial charge in [0.2, 0.25) is 0 Å². The fraction of sp³-hybridized carbons (Fsp3) is 0.588. The topological polar surface area (TPSA) is 32.6 Å². The van der Waals surface area contributed by atoms with Crippen molar-refractivity contribution in [3.63, 3.8) is 0 Å². The number of hydrogen-bond donors (Lipinski definition) is 1. The van der Waals surface area contributed by atoms with Crippen LogP contribution >= 0.6 is 0 Å². The summed E-state index contributed by atoms with van der Waals surface area (Å²) in [6.45, 7) is 6.40. The Kier molecular flexibility index (Phi) is 5.76. The number of nitrogens with one attached hydrogen (secondary N) is 1. The second-order valence-electron chi connectivity index (χ2n) is 5.94. The number of fused-ring (bicyclic) bond motifs is 1. The highest BCUT2D eigenvalue weighted by molar-refractivity contribution is 5.39. The molecule has 1 unspecified atom stereocenters. The molecular weight excluding hydrogens is 260 g/mol. The summed E-state index contributed by atoms with van der Waals surface area (Å²) in [7, 11) is 4.35. The van der Waals surface area contributed by atoms with Crippen LogP contribution in [0.5, 0.6) is 0 Å². The van der Waals surface area contributed by atoms with E-state index in [2.05, 4.69) is 53.7 Å². The van der Waals surface area contributed by atoms with Gasteiger partial charge in [-0.3, -0.25) is 0 Å². The number of hydrogen-bond acceptors (Lipinski definition) is 3. The third kappa shape index (κ3) is 4.05. The summed E-state index contributed by atoms with van der Waals surface area (Å²) in [4.78, 5) is 6.97. The molecule has 0 aliphatic rings. The maximum absolute atomic E-state index is 4.63. The molecule has 0 aliphatic heterocycles. The van der Waals surface area contributed by atoms with E-state index >= 15 is 0 Å². The molecular formula is C17H28N4. The number of pyridine rings is 1. The molecule has 21 heavy (non-hydrogen) atoms. The van der Waals surface area contributed by atoms with Crippen molar-refractivity contribution >= 4 is 5.65 Å². The number of imidazole rings is 1. The molecule has 2 aromatic rings. The van der Waals surface area contributed by atoms with Crippen molar-refractivity contribution in [1.82, 2.24) is 19.6 Å². The maximum Gasteiger partial charge on any atom is 0.137 e. The second kappa shape index (κ2) is 7.57. The summed E-state index contributed by atoms with van der Waals surface area (Å²) in [5, 5.41) is 3.58. The van der Waals surface area contributed by atoms with Gasteiger partial charge in [0, 0.05) is 31.5 Å². The van der Waals surface area contributed by atoms with Crippen molar-refractivity contribution in [2.24, 2.45) is 5.92 Å². The van der Waals surface area contributed by atoms with Crippen LogP contribution in [-0.4, -0.2) is 41.0 Å². The maximum atomic E-state index is 4.63. The summed E-state index contributed by atoms with van der Waals surface area (Å²) in [6.07, 6.45) is 6.60. The van der Waals surface area contributed by atoms with Gasteiger partial charge >= 0.3 is 0 Å². The van der Waals surface area contributed by atoms with E-state index in [1.807, 2.05) is 24.4 Å². The minimum absolute atomic E-state index is 0.581. The SMILES string of the molecule is CCC(CC)C(CNCc1cn2ccccc2n1)N(C)C. The van der Waals surface area contributed by atoms with Gasteiger partial charge in [0.1, 0.15) is 5.65 Å². The molecule has 2 aromatic heterocycles. The third-order valence-corrected chi connectivity index (χ3v) is 4.33. The summed E-state index contributed by atoms with van der Waals surface area (Å²) in [6, 6.07) is 6.67. The van der Waals surface area contributed by atoms with Gasteiger partial charge in [0.25, 0.3) is 0 Å². The quantitative estimate of drug-likeness (QED) is 0.811. The zero-order valence-corrected chi connectivity index (χ0v) is 13.7. The fourth-order valence-corrected chi connectivity index (χ4v) is 3.02. The van der Waals surface area contributed by atoms with Gasteiger partial charge in [-0.2, -0.15) is 0 Å². The highest BCUT2D eigenvalue weighted by atomic mass is 15.1. The lowest BCUT2D eigenvalue weighted by Crippen LogP contribution is -2.42. The molecule has 0 saturated carbocycles. The summed E-state index contributed by atoms with van der Waals surface area (Å²) in [5.41, 5.74) is 2.11. The lowest BCUT2D eigenvalue weighted by molar-refractivity contribution is 0.194. The van der Waals surface area contributed by atoms with E-state index in [0.29, 0.717) is 6.04 Å². The molecule has 0 amide bonds. The number of likely N-dealkylation sites (N-methyl/N-ethyl adjacent to an activating group) is 1. The van der Waals surface area contributed by atoms with Crippen LogP contribution < -0.4 is 5.32 Å². The van der Waals surface area contributed by atoms with E-state index in [9.17, 15) is 0 Å². The molecule has 2 heterocycles. The average Bonchev–Trinajstić information content (AvgIpc) is 2.89. The van der Waals surface area contributed by atoms with E-state index < -0.39 is 0 Å². The Bertz CT molecular complexity index is 509. The number of rotatable bonds is 8. The fourth-order valence-electron chi connectivity index (χ4n) is 3.02. The highest BCUT2D eigenvalue weighted by Gasteiger charge is 2.20. The minimum Gasteiger partial charge on any atom is -0.310 e. The molecule has 1 atom stereocenters. The molecule has 0 aromatic carbocycles. The van der Waals surface area contributed by atoms with Crippen LogP contribution in [0.3, 0.4) is 0 Å². The molecule has 1 N–H and O–H groups in total. The second-order valence-corrected chi connectivity index (χ2v) is 5.94. The highest BCUT2D eigenvalue weighted by Crippen LogP contribution is 2.16. The van der Waals surface area contributed by atoms with Gasteiger partial charge in [0.05, 0.1) is 5.69 Å². The first kappa shape index (κ1) is 16.0. The molecule has 4 heteroatoms. The zero-order chi connectivity index (χ0) is 15.2. The number of aromatic nitrogens is 2. The first-order valence-corrected chi connectivity index (χ1v) is 7.95. The molecule has 0 saturated heterocycles. The van der Waals surface area contributed by atoms with Crippen molar-refractivity contribution in [3.8, 4) is 0 Å². The molecule has 0 spiro atoms. The van der Waals surface area contributed by atoms with E-state index in [1.54, 1.807) is 0 Å². The molecule has 0 bridgehead atoms. The van der Waals surface area contributed by atoms with E-state index in [1.165, 1.54) is 12.8 Å². The lowest BCUT2D eigenvalue weighted by atomic mass is 9.93. The Balaban J connectivity index is 1.92. The average molecular weight is 288 g/mol. The van der Waals surface area contributed by atoms with E-state index in [-0.39, 0.29) is 0 Å². The first-order valence-electron chi connectivity index (χ1n) is 7.95. The summed E-state index contributed by atoms with van der Waals surface area (Å²) >= 11 is 0. The summed E-state index contributed by atoms with van der Waals surface area (Å²) in [5.74, 6) is 0.744. The van der Waals surface area contributed by atoms with Crippen LogP contribution in [0.4, 0.5) is 0 Å². The molecule has 4 nitrogen and oxygen atoms in total. The molecule has 0 radical (unpaired) electrons. The van der Waals surface area contributed by atoms with Gasteiger partial charge in [-0.15, -0.1) is 0 Å². The predicted octanol–water partition coefficient (Wildman–Crippen LogP) is 2.79. The Morgan fingerprint density at radius 3 is 2.62 bits per heavy atom. The van der Waals surface area contributed by atoms with Crippen LogP contribution in [0, 0.1) is 5.92 Å². The Labute approximate surface area is 128 Å². The third-order valence-electron chi connectivity index (χ3n) is 4.33. The number of nitrogens with zero attached hydrogens (tertiary/aromatic N) is 3. The van der Waals surface area contributed by atoms with Crippen LogP contribution in [0.1, 0.15) is 32.4 Å².